The van der Waals surface area contributed by atoms with Crippen LogP contribution >= 0.6 is 0 Å². The second kappa shape index (κ2) is 16.1. The summed E-state index contributed by atoms with van der Waals surface area (Å²) in [7, 11) is 0. The summed E-state index contributed by atoms with van der Waals surface area (Å²) >= 11 is 0. The van der Waals surface area contributed by atoms with E-state index in [0.717, 1.165) is 0 Å². The fraction of sp³-hybridized carbons (Fsp3) is 0.0746. The van der Waals surface area contributed by atoms with E-state index in [0.29, 0.717) is 5.92 Å². The molecular formula is C67H48. The number of benzene rings is 8. The summed E-state index contributed by atoms with van der Waals surface area (Å²) in [5.74, 6) is 0.945. The molecule has 67 heavy (non-hydrogen) atoms. The van der Waals surface area contributed by atoms with Gasteiger partial charge in [0.1, 0.15) is 0 Å². The van der Waals surface area contributed by atoms with Crippen molar-refractivity contribution in [1.82, 2.24) is 0 Å². The van der Waals surface area contributed by atoms with Gasteiger partial charge >= 0.3 is 0 Å². The van der Waals surface area contributed by atoms with Crippen molar-refractivity contribution < 1.29 is 0 Å². The van der Waals surface area contributed by atoms with Gasteiger partial charge in [0, 0.05) is 23.7 Å². The summed E-state index contributed by atoms with van der Waals surface area (Å²) in [5, 5.41) is 5.22. The molecule has 0 aliphatic heterocycles. The Balaban J connectivity index is 0.910. The first-order chi connectivity index (χ1) is 33.3. The lowest BCUT2D eigenvalue weighted by atomic mass is 9.66. The van der Waals surface area contributed by atoms with Crippen molar-refractivity contribution in [1.29, 1.82) is 0 Å². The molecule has 316 valence electrons. The monoisotopic (exact) mass is 852 g/mol. The molecule has 0 heterocycles. The van der Waals surface area contributed by atoms with Crippen LogP contribution in [0.4, 0.5) is 0 Å². The zero-order valence-corrected chi connectivity index (χ0v) is 37.2. The number of rotatable bonds is 7. The molecule has 0 bridgehead atoms. The Bertz CT molecular complexity index is 3580. The minimum absolute atomic E-state index is 0.176. The van der Waals surface area contributed by atoms with Gasteiger partial charge in [0.05, 0.1) is 5.41 Å². The third kappa shape index (κ3) is 6.28. The van der Waals surface area contributed by atoms with Gasteiger partial charge in [-0.05, 0) is 105 Å². The molecule has 0 nitrogen and oxygen atoms in total. The van der Waals surface area contributed by atoms with Crippen LogP contribution in [0.5, 0.6) is 0 Å². The van der Waals surface area contributed by atoms with Gasteiger partial charge in [-0.15, -0.1) is 0 Å². The highest BCUT2D eigenvalue weighted by molar-refractivity contribution is 5.96. The van der Waals surface area contributed by atoms with Gasteiger partial charge in [-0.2, -0.15) is 0 Å². The molecule has 0 spiro atoms. The topological polar surface area (TPSA) is 0 Å². The number of hydrogen-bond donors (Lipinski definition) is 0. The second-order valence-electron chi connectivity index (χ2n) is 18.6. The van der Waals surface area contributed by atoms with E-state index in [1.807, 2.05) is 0 Å². The van der Waals surface area contributed by atoms with Gasteiger partial charge in [0.25, 0.3) is 0 Å². The van der Waals surface area contributed by atoms with Crippen molar-refractivity contribution in [2.75, 3.05) is 0 Å². The lowest BCUT2D eigenvalue weighted by Crippen LogP contribution is -2.40. The maximum absolute atomic E-state index is 2.54. The highest BCUT2D eigenvalue weighted by Gasteiger charge is 2.46. The maximum Gasteiger partial charge on any atom is 0.0713 e. The molecule has 4 unspecified atom stereocenters. The second-order valence-corrected chi connectivity index (χ2v) is 18.6. The molecule has 13 rings (SSSR count). The van der Waals surface area contributed by atoms with Crippen molar-refractivity contribution in [3.05, 3.63) is 321 Å². The van der Waals surface area contributed by atoms with Crippen LogP contribution < -0.4 is 10.4 Å². The Hall–Kier alpha value is -8.06. The summed E-state index contributed by atoms with van der Waals surface area (Å²) in [6.45, 7) is 0. The largest absolute Gasteiger partial charge is 0.0761 e. The summed E-state index contributed by atoms with van der Waals surface area (Å²) in [6.07, 6.45) is 27.9. The molecule has 4 atom stereocenters. The van der Waals surface area contributed by atoms with Gasteiger partial charge in [-0.3, -0.25) is 0 Å². The van der Waals surface area contributed by atoms with Crippen molar-refractivity contribution in [3.8, 4) is 11.1 Å². The van der Waals surface area contributed by atoms with Gasteiger partial charge in [0.2, 0.25) is 0 Å². The molecule has 8 aromatic carbocycles. The van der Waals surface area contributed by atoms with Crippen molar-refractivity contribution in [3.63, 3.8) is 0 Å². The van der Waals surface area contributed by atoms with Crippen LogP contribution in [0.2, 0.25) is 0 Å². The smallest absolute Gasteiger partial charge is 0.0713 e. The third-order valence-electron chi connectivity index (χ3n) is 15.2. The lowest BCUT2D eigenvalue weighted by Gasteiger charge is -2.35. The van der Waals surface area contributed by atoms with Crippen LogP contribution in [-0.2, 0) is 5.41 Å². The molecule has 0 radical (unpaired) electrons. The highest BCUT2D eigenvalue weighted by atomic mass is 14.5. The number of allylic oxidation sites excluding steroid dienone is 13. The van der Waals surface area contributed by atoms with Crippen LogP contribution in [0, 0.1) is 23.7 Å². The summed E-state index contributed by atoms with van der Waals surface area (Å²) in [6, 6.07) is 72.6. The minimum atomic E-state index is -0.453. The van der Waals surface area contributed by atoms with E-state index in [1.165, 1.54) is 99.1 Å². The molecule has 0 saturated carbocycles. The quantitative estimate of drug-likeness (QED) is 0.150. The summed E-state index contributed by atoms with van der Waals surface area (Å²) < 4.78 is 0. The van der Waals surface area contributed by atoms with Crippen LogP contribution in [0.25, 0.3) is 44.7 Å². The summed E-state index contributed by atoms with van der Waals surface area (Å²) in [4.78, 5) is 0. The first-order valence-corrected chi connectivity index (χ1v) is 23.8. The van der Waals surface area contributed by atoms with Crippen molar-refractivity contribution >= 4 is 33.6 Å². The Kier molecular flexibility index (Phi) is 9.46. The van der Waals surface area contributed by atoms with Crippen LogP contribution in [0.15, 0.2) is 267 Å². The van der Waals surface area contributed by atoms with E-state index >= 15 is 0 Å². The molecule has 0 heteroatoms. The first kappa shape index (κ1) is 39.3. The Morgan fingerprint density at radius 3 is 1.66 bits per heavy atom. The van der Waals surface area contributed by atoms with Gasteiger partial charge in [-0.1, -0.05) is 261 Å². The van der Waals surface area contributed by atoms with E-state index in [4.69, 9.17) is 0 Å². The molecule has 8 aromatic rings. The molecule has 0 saturated heterocycles. The molecule has 5 aliphatic carbocycles. The number of fused-ring (bicyclic) bond motifs is 7. The summed E-state index contributed by atoms with van der Waals surface area (Å²) in [5.41, 5.74) is 18.0. The fourth-order valence-electron chi connectivity index (χ4n) is 12.3. The van der Waals surface area contributed by atoms with E-state index in [1.54, 1.807) is 0 Å². The molecular weight excluding hydrogens is 805 g/mol. The van der Waals surface area contributed by atoms with E-state index < -0.39 is 5.41 Å². The predicted octanol–water partition coefficient (Wildman–Crippen LogP) is 14.4. The van der Waals surface area contributed by atoms with E-state index in [-0.39, 0.29) is 17.8 Å². The molecule has 0 N–H and O–H groups in total. The SMILES string of the molecule is C1=CC2C(C=Cc3ccc(C4=c5ccccc5=C(c5ccc6c(c5)C(c5ccccc5)(c5ccccc5)c5ccccc5-6)C5C=CC=CC45)cc3)=CC=C(c3cccc4ccccc34)C2C=C1. The zero-order valence-electron chi connectivity index (χ0n) is 37.2. The fourth-order valence-corrected chi connectivity index (χ4v) is 12.3. The molecule has 5 aliphatic rings. The third-order valence-corrected chi connectivity index (χ3v) is 15.2. The van der Waals surface area contributed by atoms with Crippen LogP contribution in [-0.4, -0.2) is 0 Å². The van der Waals surface area contributed by atoms with Crippen LogP contribution in [0.3, 0.4) is 0 Å². The predicted molar refractivity (Wildman–Crippen MR) is 280 cm³/mol. The average molecular weight is 853 g/mol. The van der Waals surface area contributed by atoms with Crippen molar-refractivity contribution in [2.45, 2.75) is 5.41 Å². The lowest BCUT2D eigenvalue weighted by molar-refractivity contribution is 0.654. The Labute approximate surface area is 393 Å². The van der Waals surface area contributed by atoms with Gasteiger partial charge < -0.3 is 0 Å². The Morgan fingerprint density at radius 2 is 0.925 bits per heavy atom. The molecule has 0 aromatic heterocycles. The van der Waals surface area contributed by atoms with Gasteiger partial charge in [0.15, 0.2) is 0 Å². The highest BCUT2D eigenvalue weighted by Crippen LogP contribution is 2.57. The average Bonchev–Trinajstić information content (AvgIpc) is 3.70. The van der Waals surface area contributed by atoms with Crippen molar-refractivity contribution in [2.24, 2.45) is 23.7 Å². The maximum atomic E-state index is 2.54. The Morgan fingerprint density at radius 1 is 0.373 bits per heavy atom. The van der Waals surface area contributed by atoms with Crippen LogP contribution in [0.1, 0.15) is 44.5 Å². The minimum Gasteiger partial charge on any atom is -0.0761 e. The molecule has 0 amide bonds. The first-order valence-electron chi connectivity index (χ1n) is 23.8. The normalized spacial score (nSPS) is 20.5. The molecule has 0 fully saturated rings. The van der Waals surface area contributed by atoms with E-state index in [2.05, 4.69) is 267 Å². The van der Waals surface area contributed by atoms with Gasteiger partial charge in [-0.25, -0.2) is 0 Å². The number of hydrogen-bond acceptors (Lipinski definition) is 0. The standard InChI is InChI=1S/C67H48/c1-3-20-50(21-4-1)67(51-22-5-2-6-23-51)63-33-16-15-27-57(63)58-43-41-49(44-64(58)67)66-61-30-13-11-28-59(61)65(60-29-12-14-31-62(60)66)48-38-35-45(36-39-48)34-37-47-40-42-56(54-26-10-9-25-53(47)54)55-32-17-19-46-18-7-8-24-52(46)55/h1-44,53-54,59,61H. The van der Waals surface area contributed by atoms with E-state index in [9.17, 15) is 0 Å². The zero-order chi connectivity index (χ0) is 44.3.